The van der Waals surface area contributed by atoms with Gasteiger partial charge < -0.3 is 0 Å². The van der Waals surface area contributed by atoms with Gasteiger partial charge in [0.25, 0.3) is 0 Å². The Hall–Kier alpha value is -2.22. The van der Waals surface area contributed by atoms with Crippen LogP contribution in [-0.2, 0) is 6.42 Å². The van der Waals surface area contributed by atoms with Crippen molar-refractivity contribution in [3.63, 3.8) is 0 Å². The first-order valence-electron chi connectivity index (χ1n) is 8.91. The number of benzene rings is 2. The summed E-state index contributed by atoms with van der Waals surface area (Å²) in [6.07, 6.45) is 9.40. The van der Waals surface area contributed by atoms with E-state index in [1.54, 1.807) is 0 Å². The number of hydrogen-bond donors (Lipinski definition) is 0. The number of unbranched alkanes of at least 4 members (excludes halogenated alkanes) is 4. The summed E-state index contributed by atoms with van der Waals surface area (Å²) in [5.74, 6) is -0.204. The summed E-state index contributed by atoms with van der Waals surface area (Å²) >= 11 is 0. The summed E-state index contributed by atoms with van der Waals surface area (Å²) in [5.41, 5.74) is 4.50. The molecular weight excluding hydrogens is 297 g/mol. The van der Waals surface area contributed by atoms with Gasteiger partial charge in [-0.3, -0.25) is 4.98 Å². The summed E-state index contributed by atoms with van der Waals surface area (Å²) in [4.78, 5) is 4.47. The summed E-state index contributed by atoms with van der Waals surface area (Å²) < 4.78 is 13.2. The molecule has 0 saturated heterocycles. The number of halogens is 1. The van der Waals surface area contributed by atoms with Gasteiger partial charge in [-0.2, -0.15) is 0 Å². The third-order valence-electron chi connectivity index (χ3n) is 4.53. The summed E-state index contributed by atoms with van der Waals surface area (Å²) in [6, 6.07) is 15.2. The van der Waals surface area contributed by atoms with Crippen molar-refractivity contribution in [2.75, 3.05) is 0 Å². The van der Waals surface area contributed by atoms with Gasteiger partial charge >= 0.3 is 0 Å². The minimum Gasteiger partial charge on any atom is -0.256 e. The highest BCUT2D eigenvalue weighted by atomic mass is 19.1. The van der Waals surface area contributed by atoms with Gasteiger partial charge in [0.15, 0.2) is 0 Å². The average molecular weight is 321 g/mol. The molecule has 3 rings (SSSR count). The van der Waals surface area contributed by atoms with Gasteiger partial charge in [-0.05, 0) is 59.9 Å². The molecule has 0 unspecified atom stereocenters. The lowest BCUT2D eigenvalue weighted by atomic mass is 9.98. The Morgan fingerprint density at radius 3 is 2.46 bits per heavy atom. The Bertz CT molecular complexity index is 793. The highest BCUT2D eigenvalue weighted by Gasteiger charge is 2.06. The fourth-order valence-corrected chi connectivity index (χ4v) is 3.16. The number of aromatic nitrogens is 1. The molecule has 2 aromatic carbocycles. The molecular formula is C22H24FN. The summed E-state index contributed by atoms with van der Waals surface area (Å²) in [7, 11) is 0. The van der Waals surface area contributed by atoms with Crippen LogP contribution >= 0.6 is 0 Å². The van der Waals surface area contributed by atoms with Crippen molar-refractivity contribution in [1.82, 2.24) is 4.98 Å². The molecule has 24 heavy (non-hydrogen) atoms. The molecule has 0 radical (unpaired) electrons. The van der Waals surface area contributed by atoms with Crippen LogP contribution in [0.15, 0.2) is 54.7 Å². The van der Waals surface area contributed by atoms with E-state index in [0.717, 1.165) is 28.5 Å². The summed E-state index contributed by atoms with van der Waals surface area (Å²) in [6.45, 7) is 2.24. The highest BCUT2D eigenvalue weighted by Crippen LogP contribution is 2.28. The molecule has 0 N–H and O–H groups in total. The van der Waals surface area contributed by atoms with E-state index in [-0.39, 0.29) is 5.82 Å². The van der Waals surface area contributed by atoms with Crippen LogP contribution in [0.2, 0.25) is 0 Å². The number of pyridine rings is 1. The number of rotatable bonds is 7. The van der Waals surface area contributed by atoms with Crippen molar-refractivity contribution in [2.45, 2.75) is 45.4 Å². The second-order valence-electron chi connectivity index (χ2n) is 6.38. The van der Waals surface area contributed by atoms with E-state index >= 15 is 0 Å². The van der Waals surface area contributed by atoms with Gasteiger partial charge in [-0.15, -0.1) is 0 Å². The number of hydrogen-bond acceptors (Lipinski definition) is 1. The lowest BCUT2D eigenvalue weighted by Gasteiger charge is -2.09. The lowest BCUT2D eigenvalue weighted by Crippen LogP contribution is -1.90. The van der Waals surface area contributed by atoms with Gasteiger partial charge in [0.1, 0.15) is 5.82 Å². The smallest absolute Gasteiger partial charge is 0.123 e. The fourth-order valence-electron chi connectivity index (χ4n) is 3.16. The van der Waals surface area contributed by atoms with Crippen LogP contribution < -0.4 is 0 Å². The maximum absolute atomic E-state index is 13.2. The maximum Gasteiger partial charge on any atom is 0.123 e. The Morgan fingerprint density at radius 2 is 1.67 bits per heavy atom. The van der Waals surface area contributed by atoms with Crippen molar-refractivity contribution in [3.05, 3.63) is 66.1 Å². The third kappa shape index (κ3) is 4.00. The molecule has 1 heterocycles. The zero-order chi connectivity index (χ0) is 16.8. The predicted octanol–water partition coefficient (Wildman–Crippen LogP) is 6.55. The largest absolute Gasteiger partial charge is 0.256 e. The first-order chi connectivity index (χ1) is 11.8. The molecule has 0 bridgehead atoms. The van der Waals surface area contributed by atoms with Crippen molar-refractivity contribution in [1.29, 1.82) is 0 Å². The fraction of sp³-hybridized carbons (Fsp3) is 0.318. The standard InChI is InChI=1S/C22H24FN/c1-2-3-4-5-6-7-17-8-13-22-21(16-17)20(14-15-24-22)18-9-11-19(23)12-10-18/h8-16H,2-7H2,1H3. The van der Waals surface area contributed by atoms with Crippen molar-refractivity contribution >= 4 is 10.9 Å². The molecule has 0 fully saturated rings. The van der Waals surface area contributed by atoms with Gasteiger partial charge in [0.05, 0.1) is 5.52 Å². The van der Waals surface area contributed by atoms with Gasteiger partial charge in [-0.25, -0.2) is 4.39 Å². The van der Waals surface area contributed by atoms with E-state index in [0.29, 0.717) is 0 Å². The van der Waals surface area contributed by atoms with E-state index in [2.05, 4.69) is 30.1 Å². The van der Waals surface area contributed by atoms with Crippen molar-refractivity contribution in [3.8, 4) is 11.1 Å². The predicted molar refractivity (Wildman–Crippen MR) is 99.6 cm³/mol. The quantitative estimate of drug-likeness (QED) is 0.449. The molecule has 0 aliphatic rings. The van der Waals surface area contributed by atoms with E-state index in [1.807, 2.05) is 24.4 Å². The Kier molecular flexibility index (Phi) is 5.58. The molecule has 124 valence electrons. The minimum atomic E-state index is -0.204. The zero-order valence-corrected chi connectivity index (χ0v) is 14.3. The van der Waals surface area contributed by atoms with Gasteiger partial charge in [-0.1, -0.05) is 50.8 Å². The topological polar surface area (TPSA) is 12.9 Å². The number of fused-ring (bicyclic) bond motifs is 1. The van der Waals surface area contributed by atoms with Crippen LogP contribution in [0.1, 0.15) is 44.6 Å². The van der Waals surface area contributed by atoms with Crippen LogP contribution in [0.3, 0.4) is 0 Å². The Balaban J connectivity index is 1.84. The minimum absolute atomic E-state index is 0.204. The maximum atomic E-state index is 13.2. The molecule has 1 aromatic heterocycles. The van der Waals surface area contributed by atoms with E-state index < -0.39 is 0 Å². The van der Waals surface area contributed by atoms with Crippen LogP contribution in [-0.4, -0.2) is 4.98 Å². The first-order valence-corrected chi connectivity index (χ1v) is 8.91. The second-order valence-corrected chi connectivity index (χ2v) is 6.38. The molecule has 3 aromatic rings. The lowest BCUT2D eigenvalue weighted by molar-refractivity contribution is 0.628. The molecule has 0 aliphatic carbocycles. The first kappa shape index (κ1) is 16.6. The normalized spacial score (nSPS) is 11.1. The average Bonchev–Trinajstić information content (AvgIpc) is 2.62. The SMILES string of the molecule is CCCCCCCc1ccc2nccc(-c3ccc(F)cc3)c2c1. The molecule has 0 atom stereocenters. The summed E-state index contributed by atoms with van der Waals surface area (Å²) in [5, 5.41) is 1.15. The monoisotopic (exact) mass is 321 g/mol. The molecule has 0 amide bonds. The van der Waals surface area contributed by atoms with Crippen molar-refractivity contribution in [2.24, 2.45) is 0 Å². The van der Waals surface area contributed by atoms with Crippen molar-refractivity contribution < 1.29 is 4.39 Å². The molecule has 1 nitrogen and oxygen atoms in total. The second kappa shape index (κ2) is 8.05. The zero-order valence-electron chi connectivity index (χ0n) is 14.3. The molecule has 2 heteroatoms. The van der Waals surface area contributed by atoms with Gasteiger partial charge in [0, 0.05) is 11.6 Å². The van der Waals surface area contributed by atoms with Gasteiger partial charge in [0.2, 0.25) is 0 Å². The molecule has 0 spiro atoms. The van der Waals surface area contributed by atoms with Crippen LogP contribution in [0.25, 0.3) is 22.0 Å². The Morgan fingerprint density at radius 1 is 0.875 bits per heavy atom. The molecule has 0 saturated carbocycles. The number of aryl methyl sites for hydroxylation is 1. The highest BCUT2D eigenvalue weighted by molar-refractivity contribution is 5.94. The van der Waals surface area contributed by atoms with Crippen LogP contribution in [0, 0.1) is 5.82 Å². The Labute approximate surface area is 143 Å². The van der Waals surface area contributed by atoms with E-state index in [1.165, 1.54) is 49.8 Å². The third-order valence-corrected chi connectivity index (χ3v) is 4.53. The van der Waals surface area contributed by atoms with E-state index in [4.69, 9.17) is 0 Å². The number of nitrogens with zero attached hydrogens (tertiary/aromatic N) is 1. The van der Waals surface area contributed by atoms with E-state index in [9.17, 15) is 4.39 Å². The van der Waals surface area contributed by atoms with Crippen LogP contribution in [0.4, 0.5) is 4.39 Å². The molecule has 0 aliphatic heterocycles. The van der Waals surface area contributed by atoms with Crippen LogP contribution in [0.5, 0.6) is 0 Å².